The number of nitrogens with one attached hydrogen (secondary N) is 1. The van der Waals surface area contributed by atoms with Gasteiger partial charge in [-0.1, -0.05) is 0 Å². The van der Waals surface area contributed by atoms with Crippen LogP contribution < -0.4 is 14.9 Å². The van der Waals surface area contributed by atoms with Crippen LogP contribution in [-0.4, -0.2) is 43.7 Å². The summed E-state index contributed by atoms with van der Waals surface area (Å²) in [6.45, 7) is 0. The molecule has 1 atom stereocenters. The van der Waals surface area contributed by atoms with Crippen LogP contribution in [0.25, 0.3) is 33.6 Å². The van der Waals surface area contributed by atoms with Crippen molar-refractivity contribution < 1.29 is 39.1 Å². The lowest BCUT2D eigenvalue weighted by Gasteiger charge is -2.26. The number of methoxy groups -OCH3 is 1. The number of aromatic amines is 1. The molecule has 11 nitrogen and oxygen atoms in total. The standard InChI is InChI=1S/C28H20N2O9/c1-37-14-5-2-12(3-6-14)24-16(11-29-30-24)15-9-21(34)38-20-10-19(33)23-25(35)26(36)27(39-28(23)22(15)20)13-4-7-17(31)18(32)8-13/h2-8,10-11,15,31-33,36H,9H2,1H3,(H,29,30). The molecule has 39 heavy (non-hydrogen) atoms. The molecular weight excluding hydrogens is 508 g/mol. The van der Waals surface area contributed by atoms with Gasteiger partial charge in [-0.05, 0) is 42.5 Å². The fourth-order valence-corrected chi connectivity index (χ4v) is 4.86. The highest BCUT2D eigenvalue weighted by Crippen LogP contribution is 2.48. The molecule has 0 saturated heterocycles. The molecule has 5 aromatic rings. The molecule has 1 aliphatic rings. The summed E-state index contributed by atoms with van der Waals surface area (Å²) in [6.07, 6.45) is 1.43. The summed E-state index contributed by atoms with van der Waals surface area (Å²) in [5, 5.41) is 47.9. The Morgan fingerprint density at radius 2 is 1.69 bits per heavy atom. The molecule has 1 aliphatic heterocycles. The Morgan fingerprint density at radius 1 is 0.949 bits per heavy atom. The first-order chi connectivity index (χ1) is 18.8. The van der Waals surface area contributed by atoms with Crippen LogP contribution in [0.2, 0.25) is 0 Å². The largest absolute Gasteiger partial charge is 0.507 e. The Balaban J connectivity index is 1.62. The predicted molar refractivity (Wildman–Crippen MR) is 137 cm³/mol. The van der Waals surface area contributed by atoms with E-state index in [0.29, 0.717) is 22.6 Å². The summed E-state index contributed by atoms with van der Waals surface area (Å²) in [7, 11) is 1.56. The van der Waals surface area contributed by atoms with Gasteiger partial charge in [-0.15, -0.1) is 0 Å². The van der Waals surface area contributed by atoms with Gasteiger partial charge in [-0.3, -0.25) is 14.7 Å². The Hall–Kier alpha value is -5.45. The third kappa shape index (κ3) is 3.79. The fourth-order valence-electron chi connectivity index (χ4n) is 4.86. The number of hydrogen-bond donors (Lipinski definition) is 5. The van der Waals surface area contributed by atoms with Crippen molar-refractivity contribution in [1.29, 1.82) is 0 Å². The topological polar surface area (TPSA) is 175 Å². The number of carbonyl (C=O) groups excluding carboxylic acids is 1. The normalized spacial score (nSPS) is 14.7. The number of esters is 1. The van der Waals surface area contributed by atoms with Gasteiger partial charge in [0.2, 0.25) is 11.2 Å². The molecule has 6 rings (SSSR count). The average molecular weight is 528 g/mol. The zero-order valence-corrected chi connectivity index (χ0v) is 20.3. The number of aromatic hydroxyl groups is 4. The first-order valence-corrected chi connectivity index (χ1v) is 11.7. The average Bonchev–Trinajstić information content (AvgIpc) is 3.41. The smallest absolute Gasteiger partial charge is 0.312 e. The molecule has 3 aromatic carbocycles. The Labute approximate surface area is 219 Å². The predicted octanol–water partition coefficient (Wildman–Crippen LogP) is 4.12. The highest BCUT2D eigenvalue weighted by Gasteiger charge is 2.36. The van der Waals surface area contributed by atoms with E-state index < -0.39 is 40.3 Å². The third-order valence-corrected chi connectivity index (χ3v) is 6.73. The molecule has 0 spiro atoms. The van der Waals surface area contributed by atoms with Gasteiger partial charge in [0.05, 0.1) is 25.4 Å². The number of H-pyrrole nitrogens is 1. The second-order valence-electron chi connectivity index (χ2n) is 8.98. The number of fused-ring (bicyclic) bond motifs is 3. The van der Waals surface area contributed by atoms with Crippen LogP contribution in [0.5, 0.6) is 34.5 Å². The summed E-state index contributed by atoms with van der Waals surface area (Å²) in [4.78, 5) is 25.9. The van der Waals surface area contributed by atoms with Crippen LogP contribution in [0.1, 0.15) is 23.5 Å². The van der Waals surface area contributed by atoms with Crippen LogP contribution in [0, 0.1) is 0 Å². The van der Waals surface area contributed by atoms with E-state index >= 15 is 0 Å². The van der Waals surface area contributed by atoms with Gasteiger partial charge in [0.25, 0.3) is 0 Å². The summed E-state index contributed by atoms with van der Waals surface area (Å²) in [6, 6.07) is 11.9. The van der Waals surface area contributed by atoms with Crippen LogP contribution in [0.3, 0.4) is 0 Å². The van der Waals surface area contributed by atoms with E-state index in [2.05, 4.69) is 10.2 Å². The number of hydrogen-bond acceptors (Lipinski definition) is 10. The van der Waals surface area contributed by atoms with E-state index in [1.165, 1.54) is 12.1 Å². The van der Waals surface area contributed by atoms with Gasteiger partial charge in [-0.2, -0.15) is 5.10 Å². The Morgan fingerprint density at radius 3 is 2.41 bits per heavy atom. The minimum Gasteiger partial charge on any atom is -0.507 e. The number of benzene rings is 3. The summed E-state index contributed by atoms with van der Waals surface area (Å²) in [5.74, 6) is -3.23. The lowest BCUT2D eigenvalue weighted by molar-refractivity contribution is -0.135. The van der Waals surface area contributed by atoms with E-state index in [4.69, 9.17) is 13.9 Å². The Bertz CT molecular complexity index is 1840. The molecule has 0 aliphatic carbocycles. The van der Waals surface area contributed by atoms with Gasteiger partial charge in [0.15, 0.2) is 17.3 Å². The minimum absolute atomic E-state index is 0.0172. The summed E-state index contributed by atoms with van der Waals surface area (Å²) in [5.41, 5.74) is 1.29. The highest BCUT2D eigenvalue weighted by molar-refractivity contribution is 5.94. The number of carbonyl (C=O) groups is 1. The van der Waals surface area contributed by atoms with E-state index in [1.807, 2.05) is 12.1 Å². The zero-order chi connectivity index (χ0) is 27.4. The van der Waals surface area contributed by atoms with Gasteiger partial charge in [-0.25, -0.2) is 0 Å². The van der Waals surface area contributed by atoms with Gasteiger partial charge in [0, 0.05) is 34.2 Å². The van der Waals surface area contributed by atoms with Crippen LogP contribution in [-0.2, 0) is 4.79 Å². The maximum Gasteiger partial charge on any atom is 0.312 e. The van der Waals surface area contributed by atoms with Crippen LogP contribution >= 0.6 is 0 Å². The van der Waals surface area contributed by atoms with E-state index in [9.17, 15) is 30.0 Å². The third-order valence-electron chi connectivity index (χ3n) is 6.73. The maximum absolute atomic E-state index is 13.3. The Kier molecular flexibility index (Phi) is 5.42. The monoisotopic (exact) mass is 528 g/mol. The molecule has 2 aromatic heterocycles. The number of ether oxygens (including phenoxy) is 2. The fraction of sp³-hybridized carbons (Fsp3) is 0.107. The van der Waals surface area contributed by atoms with Gasteiger partial charge in [0.1, 0.15) is 28.2 Å². The zero-order valence-electron chi connectivity index (χ0n) is 20.3. The molecular formula is C28H20N2O9. The van der Waals surface area contributed by atoms with E-state index in [0.717, 1.165) is 17.7 Å². The molecule has 11 heteroatoms. The molecule has 1 unspecified atom stereocenters. The van der Waals surface area contributed by atoms with Crippen molar-refractivity contribution in [3.05, 3.63) is 76.1 Å². The maximum atomic E-state index is 13.3. The molecule has 0 radical (unpaired) electrons. The highest BCUT2D eigenvalue weighted by atomic mass is 16.5. The first kappa shape index (κ1) is 23.9. The van der Waals surface area contributed by atoms with Crippen LogP contribution in [0.4, 0.5) is 0 Å². The SMILES string of the molecule is COc1ccc(-c2[nH]ncc2C2CC(=O)Oc3cc(O)c4c(=O)c(O)c(-c5ccc(O)c(O)c5)oc4c32)cc1. The molecule has 196 valence electrons. The van der Waals surface area contributed by atoms with Crippen molar-refractivity contribution in [1.82, 2.24) is 10.2 Å². The van der Waals surface area contributed by atoms with Crippen molar-refractivity contribution in [2.24, 2.45) is 0 Å². The number of nitrogens with zero attached hydrogens (tertiary/aromatic N) is 1. The number of phenolic OH excluding ortho intramolecular Hbond substituents is 3. The summed E-state index contributed by atoms with van der Waals surface area (Å²) < 4.78 is 16.7. The number of aromatic nitrogens is 2. The summed E-state index contributed by atoms with van der Waals surface area (Å²) >= 11 is 0. The molecule has 5 N–H and O–H groups in total. The second kappa shape index (κ2) is 8.84. The van der Waals surface area contributed by atoms with Crippen molar-refractivity contribution >= 4 is 16.9 Å². The van der Waals surface area contributed by atoms with Crippen molar-refractivity contribution in [2.75, 3.05) is 7.11 Å². The second-order valence-corrected chi connectivity index (χ2v) is 8.98. The van der Waals surface area contributed by atoms with Crippen molar-refractivity contribution in [3.63, 3.8) is 0 Å². The first-order valence-electron chi connectivity index (χ1n) is 11.7. The van der Waals surface area contributed by atoms with Crippen molar-refractivity contribution in [3.8, 4) is 57.1 Å². The number of phenols is 3. The number of rotatable bonds is 4. The van der Waals surface area contributed by atoms with Gasteiger partial charge < -0.3 is 34.3 Å². The van der Waals surface area contributed by atoms with Crippen molar-refractivity contribution in [2.45, 2.75) is 12.3 Å². The molecule has 0 amide bonds. The molecule has 0 saturated carbocycles. The van der Waals surface area contributed by atoms with E-state index in [-0.39, 0.29) is 34.5 Å². The molecule has 0 fully saturated rings. The van der Waals surface area contributed by atoms with E-state index in [1.54, 1.807) is 25.4 Å². The van der Waals surface area contributed by atoms with Gasteiger partial charge >= 0.3 is 5.97 Å². The quantitative estimate of drug-likeness (QED) is 0.130. The molecule has 3 heterocycles. The minimum atomic E-state index is -0.933. The van der Waals surface area contributed by atoms with Crippen LogP contribution in [0.15, 0.2) is 63.9 Å². The molecule has 0 bridgehead atoms. The lowest BCUT2D eigenvalue weighted by atomic mass is 9.84. The lowest BCUT2D eigenvalue weighted by Crippen LogP contribution is -2.22.